The van der Waals surface area contributed by atoms with E-state index >= 15 is 0 Å². The predicted octanol–water partition coefficient (Wildman–Crippen LogP) is 3.32. The normalized spacial score (nSPS) is 10.6. The molecule has 3 aromatic carbocycles. The number of nitrogens with one attached hydrogen (secondary N) is 2. The highest BCUT2D eigenvalue weighted by Crippen LogP contribution is 2.25. The molecule has 0 aliphatic carbocycles. The standard InChI is InChI=1S/C23H21FN2O3/c24-20-13-11-17(12-14-20)15-21(27)25-26-22(28)16-29-23(18-7-3-1-4-8-18)19-9-5-2-6-10-19/h1-14,23H,15-16H2,(H,25,27)(H,26,28). The van der Waals surface area contributed by atoms with Crippen LogP contribution in [0.2, 0.25) is 0 Å². The second-order valence-electron chi connectivity index (χ2n) is 6.41. The molecular formula is C23H21FN2O3. The highest BCUT2D eigenvalue weighted by Gasteiger charge is 2.16. The Kier molecular flexibility index (Phi) is 7.08. The molecule has 0 heterocycles. The van der Waals surface area contributed by atoms with Crippen LogP contribution in [-0.4, -0.2) is 18.4 Å². The Morgan fingerprint density at radius 2 is 1.28 bits per heavy atom. The van der Waals surface area contributed by atoms with E-state index in [2.05, 4.69) is 10.9 Å². The van der Waals surface area contributed by atoms with Crippen LogP contribution in [0.1, 0.15) is 22.8 Å². The fourth-order valence-electron chi connectivity index (χ4n) is 2.81. The lowest BCUT2D eigenvalue weighted by molar-refractivity contribution is -0.132. The van der Waals surface area contributed by atoms with Gasteiger partial charge in [-0.25, -0.2) is 4.39 Å². The number of carbonyl (C=O) groups is 2. The Hall–Kier alpha value is -3.51. The van der Waals surface area contributed by atoms with Crippen molar-refractivity contribution in [2.75, 3.05) is 6.61 Å². The van der Waals surface area contributed by atoms with Gasteiger partial charge in [0.05, 0.1) is 6.42 Å². The molecule has 0 aliphatic rings. The largest absolute Gasteiger partial charge is 0.359 e. The van der Waals surface area contributed by atoms with Gasteiger partial charge in [-0.2, -0.15) is 0 Å². The summed E-state index contributed by atoms with van der Waals surface area (Å²) >= 11 is 0. The highest BCUT2D eigenvalue weighted by atomic mass is 19.1. The first-order chi connectivity index (χ1) is 14.1. The van der Waals surface area contributed by atoms with Gasteiger partial charge in [-0.05, 0) is 28.8 Å². The van der Waals surface area contributed by atoms with Gasteiger partial charge in [-0.1, -0.05) is 72.8 Å². The van der Waals surface area contributed by atoms with Crippen molar-refractivity contribution in [1.29, 1.82) is 0 Å². The molecule has 0 aliphatic heterocycles. The molecule has 0 unspecified atom stereocenters. The second kappa shape index (κ2) is 10.1. The molecule has 6 heteroatoms. The zero-order valence-electron chi connectivity index (χ0n) is 15.7. The van der Waals surface area contributed by atoms with E-state index in [0.717, 1.165) is 11.1 Å². The van der Waals surface area contributed by atoms with Crippen molar-refractivity contribution in [3.05, 3.63) is 107 Å². The van der Waals surface area contributed by atoms with Crippen molar-refractivity contribution < 1.29 is 18.7 Å². The van der Waals surface area contributed by atoms with Gasteiger partial charge in [-0.3, -0.25) is 20.4 Å². The molecule has 0 atom stereocenters. The minimum absolute atomic E-state index is 0.0259. The summed E-state index contributed by atoms with van der Waals surface area (Å²) in [5.74, 6) is -1.26. The second-order valence-corrected chi connectivity index (χ2v) is 6.41. The average molecular weight is 392 g/mol. The molecule has 3 aromatic rings. The van der Waals surface area contributed by atoms with Gasteiger partial charge < -0.3 is 4.74 Å². The predicted molar refractivity (Wildman–Crippen MR) is 107 cm³/mol. The van der Waals surface area contributed by atoms with E-state index in [-0.39, 0.29) is 18.8 Å². The molecule has 0 saturated carbocycles. The van der Waals surface area contributed by atoms with Crippen LogP contribution in [0.5, 0.6) is 0 Å². The van der Waals surface area contributed by atoms with Crippen LogP contribution in [0, 0.1) is 5.82 Å². The number of halogens is 1. The average Bonchev–Trinajstić information content (AvgIpc) is 2.75. The van der Waals surface area contributed by atoms with Gasteiger partial charge in [-0.15, -0.1) is 0 Å². The first-order valence-electron chi connectivity index (χ1n) is 9.15. The quantitative estimate of drug-likeness (QED) is 0.606. The van der Waals surface area contributed by atoms with E-state index in [1.54, 1.807) is 0 Å². The van der Waals surface area contributed by atoms with Gasteiger partial charge in [0.2, 0.25) is 5.91 Å². The fourth-order valence-corrected chi connectivity index (χ4v) is 2.81. The highest BCUT2D eigenvalue weighted by molar-refractivity contribution is 5.83. The maximum Gasteiger partial charge on any atom is 0.264 e. The summed E-state index contributed by atoms with van der Waals surface area (Å²) in [4.78, 5) is 24.0. The third-order valence-corrected chi connectivity index (χ3v) is 4.21. The van der Waals surface area contributed by atoms with Crippen LogP contribution in [0.15, 0.2) is 84.9 Å². The molecule has 0 aromatic heterocycles. The zero-order valence-corrected chi connectivity index (χ0v) is 15.7. The molecule has 0 saturated heterocycles. The number of hydrogen-bond donors (Lipinski definition) is 2. The molecule has 5 nitrogen and oxygen atoms in total. The van der Waals surface area contributed by atoms with Gasteiger partial charge in [0.1, 0.15) is 18.5 Å². The van der Waals surface area contributed by atoms with E-state index in [1.165, 1.54) is 24.3 Å². The van der Waals surface area contributed by atoms with Crippen LogP contribution in [0.25, 0.3) is 0 Å². The molecule has 29 heavy (non-hydrogen) atoms. The molecular weight excluding hydrogens is 371 g/mol. The van der Waals surface area contributed by atoms with E-state index in [0.29, 0.717) is 5.56 Å². The maximum atomic E-state index is 12.9. The van der Waals surface area contributed by atoms with Gasteiger partial charge in [0, 0.05) is 0 Å². The van der Waals surface area contributed by atoms with Crippen LogP contribution >= 0.6 is 0 Å². The lowest BCUT2D eigenvalue weighted by Crippen LogP contribution is -2.44. The monoisotopic (exact) mass is 392 g/mol. The fraction of sp³-hybridized carbons (Fsp3) is 0.130. The first-order valence-corrected chi connectivity index (χ1v) is 9.15. The van der Waals surface area contributed by atoms with Crippen molar-refractivity contribution in [3.8, 4) is 0 Å². The van der Waals surface area contributed by atoms with Crippen LogP contribution in [-0.2, 0) is 20.7 Å². The third kappa shape index (κ3) is 6.26. The van der Waals surface area contributed by atoms with Crippen molar-refractivity contribution in [2.45, 2.75) is 12.5 Å². The molecule has 3 rings (SSSR count). The number of hydrazine groups is 1. The van der Waals surface area contributed by atoms with Crippen molar-refractivity contribution >= 4 is 11.8 Å². The first kappa shape index (κ1) is 20.2. The Labute approximate surface area is 168 Å². The smallest absolute Gasteiger partial charge is 0.264 e. The Balaban J connectivity index is 1.52. The lowest BCUT2D eigenvalue weighted by Gasteiger charge is -2.19. The molecule has 0 bridgehead atoms. The molecule has 2 N–H and O–H groups in total. The summed E-state index contributed by atoms with van der Waals surface area (Å²) in [6.45, 7) is -0.231. The van der Waals surface area contributed by atoms with E-state index < -0.39 is 17.9 Å². The van der Waals surface area contributed by atoms with Gasteiger partial charge in [0.25, 0.3) is 5.91 Å². The zero-order chi connectivity index (χ0) is 20.5. The van der Waals surface area contributed by atoms with Gasteiger partial charge in [0.15, 0.2) is 0 Å². The summed E-state index contributed by atoms with van der Waals surface area (Å²) in [6.07, 6.45) is -0.379. The maximum absolute atomic E-state index is 12.9. The summed E-state index contributed by atoms with van der Waals surface area (Å²) in [6, 6.07) is 24.8. The summed E-state index contributed by atoms with van der Waals surface area (Å²) in [5.41, 5.74) is 7.16. The molecule has 148 valence electrons. The molecule has 0 spiro atoms. The molecule has 2 amide bonds. The van der Waals surface area contributed by atoms with Crippen molar-refractivity contribution in [3.63, 3.8) is 0 Å². The lowest BCUT2D eigenvalue weighted by atomic mass is 10.0. The number of carbonyl (C=O) groups excluding carboxylic acids is 2. The van der Waals surface area contributed by atoms with Crippen molar-refractivity contribution in [2.24, 2.45) is 0 Å². The minimum atomic E-state index is -0.477. The number of hydrogen-bond acceptors (Lipinski definition) is 3. The summed E-state index contributed by atoms with van der Waals surface area (Å²) < 4.78 is 18.7. The van der Waals surface area contributed by atoms with Crippen molar-refractivity contribution in [1.82, 2.24) is 10.9 Å². The number of benzene rings is 3. The SMILES string of the molecule is O=C(COC(c1ccccc1)c1ccccc1)NNC(=O)Cc1ccc(F)cc1. The van der Waals surface area contributed by atoms with E-state index in [4.69, 9.17) is 4.74 Å². The number of ether oxygens (including phenoxy) is 1. The Morgan fingerprint density at radius 3 is 1.83 bits per heavy atom. The Bertz CT molecular complexity index is 892. The summed E-state index contributed by atoms with van der Waals surface area (Å²) in [7, 11) is 0. The minimum Gasteiger partial charge on any atom is -0.359 e. The summed E-state index contributed by atoms with van der Waals surface area (Å²) in [5, 5.41) is 0. The van der Waals surface area contributed by atoms with Crippen LogP contribution in [0.3, 0.4) is 0 Å². The topological polar surface area (TPSA) is 67.4 Å². The van der Waals surface area contributed by atoms with Crippen LogP contribution < -0.4 is 10.9 Å². The number of amides is 2. The van der Waals surface area contributed by atoms with E-state index in [9.17, 15) is 14.0 Å². The third-order valence-electron chi connectivity index (χ3n) is 4.21. The van der Waals surface area contributed by atoms with Crippen LogP contribution in [0.4, 0.5) is 4.39 Å². The molecule has 0 fully saturated rings. The van der Waals surface area contributed by atoms with Gasteiger partial charge >= 0.3 is 0 Å². The van der Waals surface area contributed by atoms with E-state index in [1.807, 2.05) is 60.7 Å². The number of rotatable bonds is 7. The molecule has 0 radical (unpaired) electrons. The Morgan fingerprint density at radius 1 is 0.759 bits per heavy atom.